The summed E-state index contributed by atoms with van der Waals surface area (Å²) in [5.74, 6) is -0.327. The molecule has 4 nitrogen and oxygen atoms in total. The molecule has 1 saturated heterocycles. The van der Waals surface area contributed by atoms with Crippen LogP contribution in [-0.4, -0.2) is 43.7 Å². The van der Waals surface area contributed by atoms with Gasteiger partial charge in [-0.3, -0.25) is 4.79 Å². The Balaban J connectivity index is 1.90. The van der Waals surface area contributed by atoms with Crippen molar-refractivity contribution in [1.82, 2.24) is 4.90 Å². The van der Waals surface area contributed by atoms with E-state index in [1.54, 1.807) is 30.0 Å². The number of benzene rings is 1. The number of nitrogens with one attached hydrogen (secondary N) is 1. The van der Waals surface area contributed by atoms with Gasteiger partial charge in [-0.15, -0.1) is 0 Å². The number of carbonyl (C=O) groups excluding carboxylic acids is 1. The van der Waals surface area contributed by atoms with E-state index in [-0.39, 0.29) is 18.3 Å². The van der Waals surface area contributed by atoms with Gasteiger partial charge in [0.2, 0.25) is 5.91 Å². The second-order valence-electron chi connectivity index (χ2n) is 4.28. The van der Waals surface area contributed by atoms with Crippen LogP contribution >= 0.6 is 0 Å². The molecule has 1 amide bonds. The fourth-order valence-electron chi connectivity index (χ4n) is 1.88. The van der Waals surface area contributed by atoms with Crippen LogP contribution < -0.4 is 5.32 Å². The molecule has 1 heterocycles. The Kier molecular flexibility index (Phi) is 4.15. The lowest BCUT2D eigenvalue weighted by Gasteiger charge is -2.27. The van der Waals surface area contributed by atoms with Gasteiger partial charge in [0.15, 0.2) is 0 Å². The van der Waals surface area contributed by atoms with Crippen LogP contribution in [0.25, 0.3) is 0 Å². The summed E-state index contributed by atoms with van der Waals surface area (Å²) in [6.07, 6.45) is 0. The summed E-state index contributed by atoms with van der Waals surface area (Å²) in [5.41, 5.74) is 0.940. The highest BCUT2D eigenvalue weighted by Gasteiger charge is 2.16. The smallest absolute Gasteiger partial charge is 0.242 e. The fourth-order valence-corrected chi connectivity index (χ4v) is 1.88. The molecule has 1 aliphatic rings. The highest BCUT2D eigenvalue weighted by Crippen LogP contribution is 2.16. The molecule has 5 heteroatoms. The normalized spacial score (nSPS) is 15.6. The topological polar surface area (TPSA) is 41.6 Å². The van der Waals surface area contributed by atoms with Crippen LogP contribution in [0.1, 0.15) is 5.56 Å². The van der Waals surface area contributed by atoms with Crippen LogP contribution in [0.15, 0.2) is 18.2 Å². The van der Waals surface area contributed by atoms with Crippen molar-refractivity contribution in [2.24, 2.45) is 0 Å². The first-order chi connectivity index (χ1) is 8.68. The molecule has 1 fully saturated rings. The van der Waals surface area contributed by atoms with Crippen molar-refractivity contribution in [3.05, 3.63) is 29.6 Å². The van der Waals surface area contributed by atoms with Crippen molar-refractivity contribution in [3.63, 3.8) is 0 Å². The van der Waals surface area contributed by atoms with Gasteiger partial charge in [-0.2, -0.15) is 0 Å². The van der Waals surface area contributed by atoms with E-state index in [2.05, 4.69) is 5.32 Å². The summed E-state index contributed by atoms with van der Waals surface area (Å²) in [6.45, 7) is 4.17. The summed E-state index contributed by atoms with van der Waals surface area (Å²) >= 11 is 0. The van der Waals surface area contributed by atoms with Crippen LogP contribution in [0.4, 0.5) is 10.1 Å². The molecule has 1 aliphatic heterocycles. The monoisotopic (exact) mass is 252 g/mol. The molecule has 0 radical (unpaired) electrons. The van der Waals surface area contributed by atoms with E-state index in [0.717, 1.165) is 0 Å². The summed E-state index contributed by atoms with van der Waals surface area (Å²) in [7, 11) is 0. The largest absolute Gasteiger partial charge is 0.378 e. The molecule has 0 atom stereocenters. The summed E-state index contributed by atoms with van der Waals surface area (Å²) in [6, 6.07) is 5.10. The quantitative estimate of drug-likeness (QED) is 0.884. The SMILES string of the molecule is Cc1cccc(NCC(=O)N2CCOCC2)c1F. The Morgan fingerprint density at radius 1 is 1.44 bits per heavy atom. The molecule has 0 spiro atoms. The van der Waals surface area contributed by atoms with Gasteiger partial charge in [-0.05, 0) is 18.6 Å². The molecule has 0 unspecified atom stereocenters. The zero-order valence-corrected chi connectivity index (χ0v) is 10.4. The van der Waals surface area contributed by atoms with Gasteiger partial charge in [-0.1, -0.05) is 12.1 Å². The van der Waals surface area contributed by atoms with Crippen LogP contribution in [-0.2, 0) is 9.53 Å². The van der Waals surface area contributed by atoms with Crippen LogP contribution in [0.5, 0.6) is 0 Å². The molecule has 98 valence electrons. The van der Waals surface area contributed by atoms with Crippen molar-refractivity contribution in [3.8, 4) is 0 Å². The lowest BCUT2D eigenvalue weighted by atomic mass is 10.2. The minimum absolute atomic E-state index is 0.0285. The lowest BCUT2D eigenvalue weighted by molar-refractivity contribution is -0.133. The minimum atomic E-state index is -0.299. The predicted octanol–water partition coefficient (Wildman–Crippen LogP) is 1.40. The third kappa shape index (κ3) is 2.98. The number of ether oxygens (including phenoxy) is 1. The van der Waals surface area contributed by atoms with Gasteiger partial charge in [0.05, 0.1) is 25.4 Å². The molecule has 0 aromatic heterocycles. The van der Waals surface area contributed by atoms with E-state index in [0.29, 0.717) is 37.6 Å². The van der Waals surface area contributed by atoms with Gasteiger partial charge >= 0.3 is 0 Å². The Bertz CT molecular complexity index is 431. The molecule has 0 aliphatic carbocycles. The van der Waals surface area contributed by atoms with E-state index < -0.39 is 0 Å². The molecule has 1 aromatic carbocycles. The number of morpholine rings is 1. The van der Waals surface area contributed by atoms with E-state index in [4.69, 9.17) is 4.74 Å². The van der Waals surface area contributed by atoms with Gasteiger partial charge in [0.1, 0.15) is 5.82 Å². The van der Waals surface area contributed by atoms with Crippen LogP contribution in [0.3, 0.4) is 0 Å². The number of nitrogens with zero attached hydrogens (tertiary/aromatic N) is 1. The highest BCUT2D eigenvalue weighted by molar-refractivity contribution is 5.81. The zero-order valence-electron chi connectivity index (χ0n) is 10.4. The van der Waals surface area contributed by atoms with E-state index >= 15 is 0 Å². The zero-order chi connectivity index (χ0) is 13.0. The van der Waals surface area contributed by atoms with E-state index in [9.17, 15) is 9.18 Å². The predicted molar refractivity (Wildman–Crippen MR) is 67.0 cm³/mol. The van der Waals surface area contributed by atoms with Crippen LogP contribution in [0, 0.1) is 12.7 Å². The Morgan fingerprint density at radius 3 is 2.89 bits per heavy atom. The van der Waals surface area contributed by atoms with Gasteiger partial charge in [0.25, 0.3) is 0 Å². The molecule has 0 bridgehead atoms. The van der Waals surface area contributed by atoms with E-state index in [1.165, 1.54) is 0 Å². The first-order valence-corrected chi connectivity index (χ1v) is 6.03. The molecule has 18 heavy (non-hydrogen) atoms. The van der Waals surface area contributed by atoms with Gasteiger partial charge < -0.3 is 15.0 Å². The number of rotatable bonds is 3. The average molecular weight is 252 g/mol. The first kappa shape index (κ1) is 12.8. The minimum Gasteiger partial charge on any atom is -0.378 e. The Labute approximate surface area is 106 Å². The van der Waals surface area contributed by atoms with Gasteiger partial charge in [0, 0.05) is 13.1 Å². The van der Waals surface area contributed by atoms with Crippen molar-refractivity contribution in [2.45, 2.75) is 6.92 Å². The second kappa shape index (κ2) is 5.82. The molecular formula is C13H17FN2O2. The summed E-state index contributed by atoms with van der Waals surface area (Å²) in [5, 5.41) is 2.84. The highest BCUT2D eigenvalue weighted by atomic mass is 19.1. The number of anilines is 1. The van der Waals surface area contributed by atoms with Crippen molar-refractivity contribution in [1.29, 1.82) is 0 Å². The number of hydrogen-bond donors (Lipinski definition) is 1. The third-order valence-corrected chi connectivity index (χ3v) is 2.99. The third-order valence-electron chi connectivity index (χ3n) is 2.99. The number of aryl methyl sites for hydroxylation is 1. The number of carbonyl (C=O) groups is 1. The second-order valence-corrected chi connectivity index (χ2v) is 4.28. The maximum Gasteiger partial charge on any atom is 0.242 e. The van der Waals surface area contributed by atoms with Crippen LogP contribution in [0.2, 0.25) is 0 Å². The lowest BCUT2D eigenvalue weighted by Crippen LogP contribution is -2.43. The average Bonchev–Trinajstić information content (AvgIpc) is 2.41. The van der Waals surface area contributed by atoms with Gasteiger partial charge in [-0.25, -0.2) is 4.39 Å². The van der Waals surface area contributed by atoms with Crippen molar-refractivity contribution < 1.29 is 13.9 Å². The summed E-state index contributed by atoms with van der Waals surface area (Å²) < 4.78 is 18.9. The molecular weight excluding hydrogens is 235 g/mol. The number of amides is 1. The summed E-state index contributed by atoms with van der Waals surface area (Å²) in [4.78, 5) is 13.6. The standard InChI is InChI=1S/C13H17FN2O2/c1-10-3-2-4-11(13(10)14)15-9-12(17)16-5-7-18-8-6-16/h2-4,15H,5-9H2,1H3. The first-order valence-electron chi connectivity index (χ1n) is 6.03. The molecule has 1 N–H and O–H groups in total. The molecule has 0 saturated carbocycles. The van der Waals surface area contributed by atoms with E-state index in [1.807, 2.05) is 0 Å². The maximum atomic E-state index is 13.7. The maximum absolute atomic E-state index is 13.7. The van der Waals surface area contributed by atoms with Crippen molar-refractivity contribution in [2.75, 3.05) is 38.2 Å². The Morgan fingerprint density at radius 2 is 2.17 bits per heavy atom. The number of halogens is 1. The fraction of sp³-hybridized carbons (Fsp3) is 0.462. The Hall–Kier alpha value is -1.62. The number of hydrogen-bond acceptors (Lipinski definition) is 3. The molecule has 2 rings (SSSR count). The van der Waals surface area contributed by atoms with Crippen molar-refractivity contribution >= 4 is 11.6 Å². The molecule has 1 aromatic rings.